The molecule has 0 spiro atoms. The Morgan fingerprint density at radius 1 is 1.09 bits per heavy atom. The van der Waals surface area contributed by atoms with Gasteiger partial charge in [-0.15, -0.1) is 11.6 Å². The molecule has 0 aliphatic heterocycles. The number of alkyl halides is 1. The number of hydrogen-bond acceptors (Lipinski definition) is 3. The molecule has 1 atom stereocenters. The van der Waals surface area contributed by atoms with E-state index in [-0.39, 0.29) is 11.9 Å². The van der Waals surface area contributed by atoms with Gasteiger partial charge in [0.05, 0.1) is 12.2 Å². The van der Waals surface area contributed by atoms with Gasteiger partial charge in [0.2, 0.25) is 5.91 Å². The van der Waals surface area contributed by atoms with E-state index in [4.69, 9.17) is 16.3 Å². The summed E-state index contributed by atoms with van der Waals surface area (Å²) in [6.45, 7) is 2.07. The highest BCUT2D eigenvalue weighted by molar-refractivity contribution is 6.32. The number of esters is 1. The lowest BCUT2D eigenvalue weighted by atomic mass is 10.1. The number of rotatable bonds is 5. The molecular weight excluding hydrogens is 302 g/mol. The fourth-order valence-electron chi connectivity index (χ4n) is 1.88. The number of benzene rings is 2. The quantitative estimate of drug-likeness (QED) is 0.674. The predicted molar refractivity (Wildman–Crippen MR) is 86.1 cm³/mol. The Hall–Kier alpha value is -2.33. The fourth-order valence-corrected chi connectivity index (χ4v) is 2.08. The van der Waals surface area contributed by atoms with Crippen molar-refractivity contribution in [2.75, 3.05) is 11.9 Å². The minimum Gasteiger partial charge on any atom is -0.462 e. The van der Waals surface area contributed by atoms with Crippen LogP contribution in [0.4, 0.5) is 5.69 Å². The van der Waals surface area contributed by atoms with Gasteiger partial charge in [0.1, 0.15) is 5.38 Å². The highest BCUT2D eigenvalue weighted by Gasteiger charge is 2.17. The van der Waals surface area contributed by atoms with Gasteiger partial charge in [-0.25, -0.2) is 4.79 Å². The molecule has 0 aliphatic rings. The van der Waals surface area contributed by atoms with Crippen LogP contribution >= 0.6 is 11.6 Å². The van der Waals surface area contributed by atoms with Crippen molar-refractivity contribution in [3.8, 4) is 0 Å². The number of anilines is 1. The summed E-state index contributed by atoms with van der Waals surface area (Å²) in [6, 6.07) is 15.6. The first-order valence-electron chi connectivity index (χ1n) is 6.89. The molecule has 4 nitrogen and oxygen atoms in total. The Morgan fingerprint density at radius 3 is 2.32 bits per heavy atom. The van der Waals surface area contributed by atoms with Crippen molar-refractivity contribution in [3.05, 3.63) is 65.7 Å². The molecule has 1 N–H and O–H groups in total. The Balaban J connectivity index is 2.01. The van der Waals surface area contributed by atoms with E-state index in [1.54, 1.807) is 43.3 Å². The van der Waals surface area contributed by atoms with Crippen LogP contribution in [0.15, 0.2) is 54.6 Å². The maximum absolute atomic E-state index is 12.1. The summed E-state index contributed by atoms with van der Waals surface area (Å²) in [5, 5.41) is 1.94. The van der Waals surface area contributed by atoms with E-state index in [9.17, 15) is 9.59 Å². The normalized spacial score (nSPS) is 11.5. The van der Waals surface area contributed by atoms with E-state index in [0.29, 0.717) is 17.9 Å². The molecule has 2 aromatic rings. The average molecular weight is 318 g/mol. The van der Waals surface area contributed by atoms with Crippen molar-refractivity contribution in [2.45, 2.75) is 12.3 Å². The first-order valence-corrected chi connectivity index (χ1v) is 7.32. The second-order valence-corrected chi connectivity index (χ2v) is 5.00. The van der Waals surface area contributed by atoms with Gasteiger partial charge in [-0.3, -0.25) is 4.79 Å². The number of carbonyl (C=O) groups is 2. The minimum absolute atomic E-state index is 0.322. The van der Waals surface area contributed by atoms with Crippen LogP contribution in [0.3, 0.4) is 0 Å². The molecule has 0 fully saturated rings. The second kappa shape index (κ2) is 7.61. The van der Waals surface area contributed by atoms with E-state index in [1.807, 2.05) is 18.2 Å². The molecule has 2 aromatic carbocycles. The van der Waals surface area contributed by atoms with Crippen LogP contribution in [0.5, 0.6) is 0 Å². The van der Waals surface area contributed by atoms with Crippen molar-refractivity contribution >= 4 is 29.2 Å². The van der Waals surface area contributed by atoms with Crippen LogP contribution in [0.1, 0.15) is 28.2 Å². The summed E-state index contributed by atoms with van der Waals surface area (Å²) in [7, 11) is 0. The molecule has 0 unspecified atom stereocenters. The van der Waals surface area contributed by atoms with Crippen LogP contribution in [0.2, 0.25) is 0 Å². The molecule has 5 heteroatoms. The van der Waals surface area contributed by atoms with Gasteiger partial charge < -0.3 is 10.1 Å². The smallest absolute Gasteiger partial charge is 0.338 e. The Morgan fingerprint density at radius 2 is 1.73 bits per heavy atom. The third kappa shape index (κ3) is 4.09. The molecule has 0 radical (unpaired) electrons. The van der Waals surface area contributed by atoms with Crippen molar-refractivity contribution in [3.63, 3.8) is 0 Å². The van der Waals surface area contributed by atoms with E-state index < -0.39 is 5.38 Å². The molecule has 2 rings (SSSR count). The molecule has 114 valence electrons. The highest BCUT2D eigenvalue weighted by atomic mass is 35.5. The number of halogens is 1. The topological polar surface area (TPSA) is 55.4 Å². The van der Waals surface area contributed by atoms with Gasteiger partial charge in [0.15, 0.2) is 0 Å². The summed E-state index contributed by atoms with van der Waals surface area (Å²) in [5.41, 5.74) is 1.73. The molecule has 0 saturated heterocycles. The molecule has 22 heavy (non-hydrogen) atoms. The van der Waals surface area contributed by atoms with Crippen LogP contribution in [0, 0.1) is 0 Å². The van der Waals surface area contributed by atoms with Crippen molar-refractivity contribution in [2.24, 2.45) is 0 Å². The zero-order valence-electron chi connectivity index (χ0n) is 12.1. The zero-order valence-corrected chi connectivity index (χ0v) is 12.8. The Labute approximate surface area is 134 Å². The summed E-state index contributed by atoms with van der Waals surface area (Å²) < 4.78 is 4.90. The maximum atomic E-state index is 12.1. The van der Waals surface area contributed by atoms with Gasteiger partial charge in [-0.2, -0.15) is 0 Å². The largest absolute Gasteiger partial charge is 0.462 e. The predicted octanol–water partition coefficient (Wildman–Crippen LogP) is 3.78. The first-order chi connectivity index (χ1) is 10.6. The van der Waals surface area contributed by atoms with Crippen LogP contribution < -0.4 is 5.32 Å². The Bertz CT molecular complexity index is 641. The second-order valence-electron chi connectivity index (χ2n) is 4.56. The molecule has 0 heterocycles. The fraction of sp³-hybridized carbons (Fsp3) is 0.176. The zero-order chi connectivity index (χ0) is 15.9. The summed E-state index contributed by atoms with van der Waals surface area (Å²) in [4.78, 5) is 23.6. The van der Waals surface area contributed by atoms with Gasteiger partial charge in [-0.05, 0) is 36.8 Å². The summed E-state index contributed by atoms with van der Waals surface area (Å²) in [5.74, 6) is -0.711. The standard InChI is InChI=1S/C17H16ClNO3/c1-2-22-17(21)13-8-10-14(11-9-13)19-16(20)15(18)12-6-4-3-5-7-12/h3-11,15H,2H2,1H3,(H,19,20)/t15-/m0/s1. The lowest BCUT2D eigenvalue weighted by Gasteiger charge is -2.11. The van der Waals surface area contributed by atoms with Crippen LogP contribution in [0.25, 0.3) is 0 Å². The number of hydrogen-bond donors (Lipinski definition) is 1. The third-order valence-electron chi connectivity index (χ3n) is 2.99. The average Bonchev–Trinajstić information content (AvgIpc) is 2.55. The molecular formula is C17H16ClNO3. The molecule has 0 aliphatic carbocycles. The van der Waals surface area contributed by atoms with Gasteiger partial charge in [-0.1, -0.05) is 30.3 Å². The van der Waals surface area contributed by atoms with Gasteiger partial charge in [0, 0.05) is 5.69 Å². The lowest BCUT2D eigenvalue weighted by molar-refractivity contribution is -0.116. The van der Waals surface area contributed by atoms with E-state index in [1.165, 1.54) is 0 Å². The Kier molecular flexibility index (Phi) is 5.55. The number of carbonyl (C=O) groups excluding carboxylic acids is 2. The van der Waals surface area contributed by atoms with Gasteiger partial charge >= 0.3 is 5.97 Å². The summed E-state index contributed by atoms with van der Waals surface area (Å²) >= 11 is 6.14. The number of ether oxygens (including phenoxy) is 1. The first kappa shape index (κ1) is 16.0. The van der Waals surface area contributed by atoms with Crippen LogP contribution in [-0.4, -0.2) is 18.5 Å². The number of amides is 1. The third-order valence-corrected chi connectivity index (χ3v) is 3.44. The molecule has 1 amide bonds. The number of nitrogens with one attached hydrogen (secondary N) is 1. The highest BCUT2D eigenvalue weighted by Crippen LogP contribution is 2.22. The van der Waals surface area contributed by atoms with E-state index in [2.05, 4.69) is 5.32 Å². The minimum atomic E-state index is -0.772. The van der Waals surface area contributed by atoms with E-state index in [0.717, 1.165) is 5.56 Å². The molecule has 0 aromatic heterocycles. The lowest BCUT2D eigenvalue weighted by Crippen LogP contribution is -2.17. The van der Waals surface area contributed by atoms with Crippen LogP contribution in [-0.2, 0) is 9.53 Å². The SMILES string of the molecule is CCOC(=O)c1ccc(NC(=O)[C@@H](Cl)c2ccccc2)cc1. The monoisotopic (exact) mass is 317 g/mol. The van der Waals surface area contributed by atoms with Crippen molar-refractivity contribution in [1.29, 1.82) is 0 Å². The van der Waals surface area contributed by atoms with Crippen molar-refractivity contribution < 1.29 is 14.3 Å². The molecule has 0 saturated carbocycles. The van der Waals surface area contributed by atoms with Crippen molar-refractivity contribution in [1.82, 2.24) is 0 Å². The summed E-state index contributed by atoms with van der Waals surface area (Å²) in [6.07, 6.45) is 0. The maximum Gasteiger partial charge on any atom is 0.338 e. The molecule has 0 bridgehead atoms. The van der Waals surface area contributed by atoms with E-state index >= 15 is 0 Å². The van der Waals surface area contributed by atoms with Gasteiger partial charge in [0.25, 0.3) is 0 Å².